The quantitative estimate of drug-likeness (QED) is 0.557. The number of halogens is 1. The molecule has 2 radical (unpaired) electrons. The lowest BCUT2D eigenvalue weighted by atomic mass is 10.1. The molecule has 0 bridgehead atoms. The Labute approximate surface area is 97.8 Å². The predicted molar refractivity (Wildman–Crippen MR) is 59.3 cm³/mol. The fourth-order valence-corrected chi connectivity index (χ4v) is 1.62. The molecule has 2 rings (SSSR count). The second-order valence-electron chi connectivity index (χ2n) is 3.01. The first-order valence-electron chi connectivity index (χ1n) is 4.60. The summed E-state index contributed by atoms with van der Waals surface area (Å²) in [6.07, 6.45) is 1.26. The molecule has 7 heteroatoms. The molecule has 0 aromatic carbocycles. The van der Waals surface area contributed by atoms with Gasteiger partial charge in [0.15, 0.2) is 5.15 Å². The first-order chi connectivity index (χ1) is 7.65. The minimum absolute atomic E-state index is 0.162. The number of fused-ring (bicyclic) bond motifs is 1. The maximum absolute atomic E-state index is 11.6. The van der Waals surface area contributed by atoms with Crippen LogP contribution in [0, 0.1) is 0 Å². The third kappa shape index (κ3) is 1.65. The van der Waals surface area contributed by atoms with Crippen molar-refractivity contribution in [3.63, 3.8) is 0 Å². The van der Waals surface area contributed by atoms with Crippen molar-refractivity contribution in [1.82, 2.24) is 14.6 Å². The third-order valence-corrected chi connectivity index (χ3v) is 2.31. The minimum atomic E-state index is -0.492. The molecule has 0 aliphatic carbocycles. The van der Waals surface area contributed by atoms with Crippen molar-refractivity contribution in [3.05, 3.63) is 23.1 Å². The Morgan fingerprint density at radius 3 is 3.12 bits per heavy atom. The van der Waals surface area contributed by atoms with Crippen LogP contribution in [-0.4, -0.2) is 35.0 Å². The third-order valence-electron chi connectivity index (χ3n) is 2.03. The van der Waals surface area contributed by atoms with Crippen LogP contribution in [-0.2, 0) is 4.74 Å². The van der Waals surface area contributed by atoms with Crippen LogP contribution in [0.4, 0.5) is 0 Å². The first-order valence-corrected chi connectivity index (χ1v) is 4.97. The van der Waals surface area contributed by atoms with Crippen LogP contribution in [0.5, 0.6) is 0 Å². The Kier molecular flexibility index (Phi) is 2.83. The molecule has 0 amide bonds. The summed E-state index contributed by atoms with van der Waals surface area (Å²) in [5.41, 5.74) is 0.937. The van der Waals surface area contributed by atoms with E-state index in [1.165, 1.54) is 16.9 Å². The molecule has 2 aromatic rings. The Balaban J connectivity index is 2.66. The van der Waals surface area contributed by atoms with Crippen LogP contribution in [0.15, 0.2) is 12.4 Å². The van der Waals surface area contributed by atoms with Crippen LogP contribution in [0.3, 0.4) is 0 Å². The predicted octanol–water partition coefficient (Wildman–Crippen LogP) is 0.353. The van der Waals surface area contributed by atoms with Gasteiger partial charge in [0, 0.05) is 0 Å². The van der Waals surface area contributed by atoms with Crippen LogP contribution in [0.25, 0.3) is 5.52 Å². The molecule has 0 N–H and O–H groups in total. The molecule has 0 unspecified atom stereocenters. The average Bonchev–Trinajstić information content (AvgIpc) is 2.58. The number of aromatic nitrogens is 3. The summed E-state index contributed by atoms with van der Waals surface area (Å²) < 4.78 is 6.23. The molecule has 80 valence electrons. The van der Waals surface area contributed by atoms with E-state index in [1.807, 2.05) is 0 Å². The van der Waals surface area contributed by atoms with Crippen LogP contribution < -0.4 is 5.59 Å². The van der Waals surface area contributed by atoms with E-state index in [4.69, 9.17) is 24.2 Å². The lowest BCUT2D eigenvalue weighted by molar-refractivity contribution is 0.0529. The van der Waals surface area contributed by atoms with Gasteiger partial charge in [-0.05, 0) is 18.6 Å². The van der Waals surface area contributed by atoms with Gasteiger partial charge in [0.2, 0.25) is 0 Å². The van der Waals surface area contributed by atoms with Gasteiger partial charge in [0.25, 0.3) is 0 Å². The Hall–Kier alpha value is -1.56. The molecule has 5 nitrogen and oxygen atoms in total. The molecular weight excluding hydrogens is 228 g/mol. The van der Waals surface area contributed by atoms with Gasteiger partial charge in [0.05, 0.1) is 12.2 Å². The van der Waals surface area contributed by atoms with E-state index in [2.05, 4.69) is 10.1 Å². The monoisotopic (exact) mass is 235 g/mol. The summed E-state index contributed by atoms with van der Waals surface area (Å²) in [4.78, 5) is 15.4. The van der Waals surface area contributed by atoms with E-state index in [-0.39, 0.29) is 17.3 Å². The fraction of sp³-hybridized carbons (Fsp3) is 0.222. The second-order valence-corrected chi connectivity index (χ2v) is 3.37. The van der Waals surface area contributed by atoms with Gasteiger partial charge in [-0.3, -0.25) is 0 Å². The van der Waals surface area contributed by atoms with Gasteiger partial charge in [-0.15, -0.1) is 0 Å². The maximum atomic E-state index is 11.6. The van der Waals surface area contributed by atoms with Gasteiger partial charge in [-0.25, -0.2) is 14.3 Å². The number of hydrogen-bond donors (Lipinski definition) is 0. The highest BCUT2D eigenvalue weighted by Crippen LogP contribution is 2.18. The molecule has 0 saturated carbocycles. The van der Waals surface area contributed by atoms with Gasteiger partial charge < -0.3 is 4.74 Å². The van der Waals surface area contributed by atoms with E-state index < -0.39 is 5.97 Å². The smallest absolute Gasteiger partial charge is 0.340 e. The van der Waals surface area contributed by atoms with Crippen LogP contribution >= 0.6 is 11.6 Å². The number of esters is 1. The molecule has 0 aliphatic heterocycles. The topological polar surface area (TPSA) is 56.5 Å². The lowest BCUT2D eigenvalue weighted by Crippen LogP contribution is -2.12. The highest BCUT2D eigenvalue weighted by Gasteiger charge is 2.18. The largest absolute Gasteiger partial charge is 0.462 e. The number of rotatable bonds is 2. The molecule has 0 atom stereocenters. The van der Waals surface area contributed by atoms with Crippen molar-refractivity contribution in [2.24, 2.45) is 0 Å². The summed E-state index contributed by atoms with van der Waals surface area (Å²) in [5, 5.41) is 4.05. The summed E-state index contributed by atoms with van der Waals surface area (Å²) in [6.45, 7) is 2.00. The normalized spacial score (nSPS) is 10.6. The maximum Gasteiger partial charge on any atom is 0.340 e. The van der Waals surface area contributed by atoms with Crippen molar-refractivity contribution >= 4 is 36.5 Å². The average molecular weight is 235 g/mol. The minimum Gasteiger partial charge on any atom is -0.462 e. The van der Waals surface area contributed by atoms with Crippen molar-refractivity contribution in [2.45, 2.75) is 6.92 Å². The number of carbonyl (C=O) groups is 1. The zero-order valence-electron chi connectivity index (χ0n) is 8.48. The number of ether oxygens (including phenoxy) is 1. The number of hydrogen-bond acceptors (Lipinski definition) is 4. The molecular formula is C9H7BClN3O2. The molecule has 2 heterocycles. The summed E-state index contributed by atoms with van der Waals surface area (Å²) in [5.74, 6) is -0.492. The van der Waals surface area contributed by atoms with Crippen LogP contribution in [0.2, 0.25) is 5.15 Å². The lowest BCUT2D eigenvalue weighted by Gasteiger charge is -2.01. The Bertz CT molecular complexity index is 555. The Morgan fingerprint density at radius 2 is 2.44 bits per heavy atom. The molecule has 2 aromatic heterocycles. The van der Waals surface area contributed by atoms with Crippen molar-refractivity contribution in [3.8, 4) is 0 Å². The summed E-state index contributed by atoms with van der Waals surface area (Å²) in [7, 11) is 5.69. The molecule has 0 spiro atoms. The second kappa shape index (κ2) is 4.13. The van der Waals surface area contributed by atoms with E-state index >= 15 is 0 Å². The van der Waals surface area contributed by atoms with Gasteiger partial charge >= 0.3 is 5.97 Å². The first kappa shape index (κ1) is 10.9. The zero-order valence-corrected chi connectivity index (χ0v) is 9.23. The van der Waals surface area contributed by atoms with Gasteiger partial charge in [-0.2, -0.15) is 5.10 Å². The molecule has 16 heavy (non-hydrogen) atoms. The number of nitrogens with zero attached hydrogens (tertiary/aromatic N) is 3. The van der Waals surface area contributed by atoms with Crippen molar-refractivity contribution < 1.29 is 9.53 Å². The standard InChI is InChI=1S/C9H7BClN3O2/c1-2-16-9(15)5-3-6(10)14-7(5)8(11)12-4-13-14/h3-4H,2H2,1H3. The van der Waals surface area contributed by atoms with Crippen molar-refractivity contribution in [1.29, 1.82) is 0 Å². The van der Waals surface area contributed by atoms with E-state index in [0.717, 1.165) is 0 Å². The van der Waals surface area contributed by atoms with Gasteiger partial charge in [0.1, 0.15) is 19.7 Å². The SMILES string of the molecule is [B]c1cc(C(=O)OCC)c2c(Cl)ncnn12. The van der Waals surface area contributed by atoms with Crippen molar-refractivity contribution in [2.75, 3.05) is 6.61 Å². The highest BCUT2D eigenvalue weighted by molar-refractivity contribution is 6.36. The van der Waals surface area contributed by atoms with E-state index in [1.54, 1.807) is 6.92 Å². The zero-order chi connectivity index (χ0) is 11.7. The van der Waals surface area contributed by atoms with Crippen LogP contribution in [0.1, 0.15) is 17.3 Å². The molecule has 0 aliphatic rings. The van der Waals surface area contributed by atoms with Gasteiger partial charge in [-0.1, -0.05) is 11.6 Å². The highest BCUT2D eigenvalue weighted by atomic mass is 35.5. The summed E-state index contributed by atoms with van der Waals surface area (Å²) in [6, 6.07) is 1.47. The summed E-state index contributed by atoms with van der Waals surface area (Å²) >= 11 is 5.88. The van der Waals surface area contributed by atoms with E-state index in [9.17, 15) is 4.79 Å². The molecule has 0 fully saturated rings. The van der Waals surface area contributed by atoms with E-state index in [0.29, 0.717) is 11.1 Å². The molecule has 0 saturated heterocycles. The fourth-order valence-electron chi connectivity index (χ4n) is 1.40. The Morgan fingerprint density at radius 1 is 1.69 bits per heavy atom. The number of carbonyl (C=O) groups excluding carboxylic acids is 1.